The number of hydrogen-bond donors (Lipinski definition) is 1. The lowest BCUT2D eigenvalue weighted by molar-refractivity contribution is 0.533. The quantitative estimate of drug-likeness (QED) is 0.628. The van der Waals surface area contributed by atoms with E-state index in [0.717, 1.165) is 5.56 Å². The van der Waals surface area contributed by atoms with Crippen molar-refractivity contribution < 1.29 is 8.42 Å². The van der Waals surface area contributed by atoms with Gasteiger partial charge in [0.25, 0.3) is 0 Å². The molecule has 1 unspecified atom stereocenters. The molecule has 0 spiro atoms. The maximum Gasteiger partial charge on any atom is 0.241 e. The van der Waals surface area contributed by atoms with E-state index >= 15 is 0 Å². The second-order valence-corrected chi connectivity index (χ2v) is 8.58. The standard InChI is InChI=1S/C18H16BrN5O2S/c1-24-12-21-22-18(24)17(9-13-4-2-5-14(8-13)11-20)23-27(25,26)16-7-3-6-15(19)10-16/h2-8,10,12,17,23H,9H2,1H3. The smallest absolute Gasteiger partial charge is 0.241 e. The van der Waals surface area contributed by atoms with Crippen molar-refractivity contribution in [1.82, 2.24) is 19.5 Å². The molecule has 0 bridgehead atoms. The summed E-state index contributed by atoms with van der Waals surface area (Å²) in [6, 6.07) is 15.0. The minimum absolute atomic E-state index is 0.148. The van der Waals surface area contributed by atoms with Gasteiger partial charge in [-0.3, -0.25) is 0 Å². The van der Waals surface area contributed by atoms with Crippen LogP contribution in [0.5, 0.6) is 0 Å². The van der Waals surface area contributed by atoms with E-state index in [1.165, 1.54) is 18.5 Å². The highest BCUT2D eigenvalue weighted by atomic mass is 79.9. The molecule has 0 aliphatic rings. The predicted octanol–water partition coefficient (Wildman–Crippen LogP) is 2.71. The van der Waals surface area contributed by atoms with E-state index in [1.54, 1.807) is 41.9 Å². The van der Waals surface area contributed by atoms with Gasteiger partial charge in [0, 0.05) is 11.5 Å². The van der Waals surface area contributed by atoms with E-state index in [9.17, 15) is 8.42 Å². The Morgan fingerprint density at radius 3 is 2.70 bits per heavy atom. The van der Waals surface area contributed by atoms with Crippen LogP contribution in [-0.4, -0.2) is 23.2 Å². The molecule has 9 heteroatoms. The average molecular weight is 446 g/mol. The Hall–Kier alpha value is -2.54. The van der Waals surface area contributed by atoms with Gasteiger partial charge in [0.05, 0.1) is 22.6 Å². The molecule has 138 valence electrons. The van der Waals surface area contributed by atoms with Gasteiger partial charge in [-0.1, -0.05) is 34.1 Å². The molecule has 1 N–H and O–H groups in total. The Morgan fingerprint density at radius 2 is 2.04 bits per heavy atom. The van der Waals surface area contributed by atoms with Crippen molar-refractivity contribution in [3.8, 4) is 6.07 Å². The summed E-state index contributed by atoms with van der Waals surface area (Å²) in [5.74, 6) is 0.482. The topological polar surface area (TPSA) is 101 Å². The van der Waals surface area contributed by atoms with Crippen LogP contribution in [0.4, 0.5) is 0 Å². The van der Waals surface area contributed by atoms with E-state index in [1.807, 2.05) is 6.07 Å². The fourth-order valence-electron chi connectivity index (χ4n) is 2.69. The lowest BCUT2D eigenvalue weighted by atomic mass is 10.0. The lowest BCUT2D eigenvalue weighted by Gasteiger charge is -2.18. The highest BCUT2D eigenvalue weighted by Gasteiger charge is 2.25. The first kappa shape index (κ1) is 19.2. The molecule has 0 saturated heterocycles. The molecule has 0 saturated carbocycles. The van der Waals surface area contributed by atoms with Crippen LogP contribution in [-0.2, 0) is 23.5 Å². The Balaban J connectivity index is 1.96. The van der Waals surface area contributed by atoms with Gasteiger partial charge >= 0.3 is 0 Å². The summed E-state index contributed by atoms with van der Waals surface area (Å²) in [5.41, 5.74) is 1.33. The lowest BCUT2D eigenvalue weighted by Crippen LogP contribution is -2.32. The Morgan fingerprint density at radius 1 is 1.26 bits per heavy atom. The van der Waals surface area contributed by atoms with Crippen molar-refractivity contribution in [2.45, 2.75) is 17.4 Å². The number of rotatable bonds is 6. The molecule has 2 aromatic carbocycles. The number of nitrogens with zero attached hydrogens (tertiary/aromatic N) is 4. The number of benzene rings is 2. The largest absolute Gasteiger partial charge is 0.319 e. The van der Waals surface area contributed by atoms with E-state index in [2.05, 4.69) is 36.9 Å². The number of nitrogens with one attached hydrogen (secondary N) is 1. The van der Waals surface area contributed by atoms with Crippen LogP contribution >= 0.6 is 15.9 Å². The predicted molar refractivity (Wildman–Crippen MR) is 103 cm³/mol. The van der Waals surface area contributed by atoms with Gasteiger partial charge in [0.1, 0.15) is 6.33 Å². The zero-order valence-corrected chi connectivity index (χ0v) is 16.8. The molecular weight excluding hydrogens is 430 g/mol. The molecule has 0 aliphatic carbocycles. The summed E-state index contributed by atoms with van der Waals surface area (Å²) >= 11 is 3.29. The molecule has 3 rings (SSSR count). The Bertz CT molecular complexity index is 1100. The maximum atomic E-state index is 12.9. The van der Waals surface area contributed by atoms with Gasteiger partial charge in [0.15, 0.2) is 5.82 Å². The van der Waals surface area contributed by atoms with Crippen molar-refractivity contribution in [3.63, 3.8) is 0 Å². The highest BCUT2D eigenvalue weighted by molar-refractivity contribution is 9.10. The van der Waals surface area contributed by atoms with Gasteiger partial charge in [-0.05, 0) is 42.3 Å². The number of aryl methyl sites for hydroxylation is 1. The fourth-order valence-corrected chi connectivity index (χ4v) is 4.48. The van der Waals surface area contributed by atoms with E-state index in [-0.39, 0.29) is 4.90 Å². The van der Waals surface area contributed by atoms with Crippen LogP contribution in [0.2, 0.25) is 0 Å². The van der Waals surface area contributed by atoms with Crippen LogP contribution in [0.3, 0.4) is 0 Å². The van der Waals surface area contributed by atoms with Gasteiger partial charge in [-0.15, -0.1) is 10.2 Å². The van der Waals surface area contributed by atoms with Crippen molar-refractivity contribution in [2.75, 3.05) is 0 Å². The monoisotopic (exact) mass is 445 g/mol. The summed E-state index contributed by atoms with van der Waals surface area (Å²) in [7, 11) is -2.04. The molecule has 0 amide bonds. The SMILES string of the molecule is Cn1cnnc1C(Cc1cccc(C#N)c1)NS(=O)(=O)c1cccc(Br)c1. The summed E-state index contributed by atoms with van der Waals surface area (Å²) in [6.07, 6.45) is 1.84. The van der Waals surface area contributed by atoms with E-state index < -0.39 is 16.1 Å². The summed E-state index contributed by atoms with van der Waals surface area (Å²) in [4.78, 5) is 0.148. The van der Waals surface area contributed by atoms with Gasteiger partial charge in [0.2, 0.25) is 10.0 Å². The summed E-state index contributed by atoms with van der Waals surface area (Å²) in [6.45, 7) is 0. The molecule has 0 aliphatic heterocycles. The van der Waals surface area contributed by atoms with Gasteiger partial charge in [-0.25, -0.2) is 13.1 Å². The number of nitriles is 1. The number of sulfonamides is 1. The van der Waals surface area contributed by atoms with Crippen molar-refractivity contribution in [2.24, 2.45) is 7.05 Å². The normalized spacial score (nSPS) is 12.5. The molecule has 1 heterocycles. The number of aromatic nitrogens is 3. The molecule has 1 atom stereocenters. The minimum atomic E-state index is -3.79. The second kappa shape index (κ2) is 8.00. The van der Waals surface area contributed by atoms with Crippen molar-refractivity contribution >= 4 is 26.0 Å². The molecule has 0 radical (unpaired) electrons. The van der Waals surface area contributed by atoms with Crippen LogP contribution in [0.15, 0.2) is 64.2 Å². The van der Waals surface area contributed by atoms with Crippen molar-refractivity contribution in [3.05, 3.63) is 76.3 Å². The fraction of sp³-hybridized carbons (Fsp3) is 0.167. The van der Waals surface area contributed by atoms with Crippen LogP contribution in [0, 0.1) is 11.3 Å². The first-order valence-electron chi connectivity index (χ1n) is 8.00. The van der Waals surface area contributed by atoms with Crippen LogP contribution in [0.25, 0.3) is 0 Å². The molecule has 27 heavy (non-hydrogen) atoms. The molecule has 7 nitrogen and oxygen atoms in total. The van der Waals surface area contributed by atoms with Crippen LogP contribution in [0.1, 0.15) is 23.0 Å². The van der Waals surface area contributed by atoms with E-state index in [4.69, 9.17) is 5.26 Å². The zero-order chi connectivity index (χ0) is 19.4. The Labute approximate surface area is 165 Å². The first-order valence-corrected chi connectivity index (χ1v) is 10.3. The van der Waals surface area contributed by atoms with Gasteiger partial charge < -0.3 is 4.57 Å². The highest BCUT2D eigenvalue weighted by Crippen LogP contribution is 2.22. The second-order valence-electron chi connectivity index (χ2n) is 5.95. The Kier molecular flexibility index (Phi) is 5.70. The molecule has 3 aromatic rings. The molecule has 0 fully saturated rings. The third-order valence-corrected chi connectivity index (χ3v) is 5.92. The first-order chi connectivity index (χ1) is 12.9. The maximum absolute atomic E-state index is 12.9. The summed E-state index contributed by atoms with van der Waals surface area (Å²) < 4.78 is 30.8. The number of halogens is 1. The molecular formula is C18H16BrN5O2S. The zero-order valence-electron chi connectivity index (χ0n) is 14.4. The minimum Gasteiger partial charge on any atom is -0.319 e. The summed E-state index contributed by atoms with van der Waals surface area (Å²) in [5, 5.41) is 17.0. The van der Waals surface area contributed by atoms with Crippen molar-refractivity contribution in [1.29, 1.82) is 5.26 Å². The average Bonchev–Trinajstić information content (AvgIpc) is 3.07. The third-order valence-electron chi connectivity index (χ3n) is 3.96. The molecule has 1 aromatic heterocycles. The van der Waals surface area contributed by atoms with Crippen LogP contribution < -0.4 is 4.72 Å². The third kappa shape index (κ3) is 4.60. The van der Waals surface area contributed by atoms with Gasteiger partial charge in [-0.2, -0.15) is 5.26 Å². The number of hydrogen-bond acceptors (Lipinski definition) is 5. The van der Waals surface area contributed by atoms with E-state index in [0.29, 0.717) is 22.3 Å².